The van der Waals surface area contributed by atoms with Crippen LogP contribution in [-0.2, 0) is 9.53 Å². The highest BCUT2D eigenvalue weighted by atomic mass is 32.2. The fourth-order valence-electron chi connectivity index (χ4n) is 2.12. The molecule has 16 heavy (non-hydrogen) atoms. The first kappa shape index (κ1) is 11.5. The average molecular weight is 240 g/mol. The van der Waals surface area contributed by atoms with Gasteiger partial charge < -0.3 is 9.64 Å². The van der Waals surface area contributed by atoms with E-state index in [-0.39, 0.29) is 12.0 Å². The quantitative estimate of drug-likeness (QED) is 0.653. The van der Waals surface area contributed by atoms with Crippen LogP contribution in [0.2, 0.25) is 0 Å². The second-order valence-corrected chi connectivity index (χ2v) is 5.02. The summed E-state index contributed by atoms with van der Waals surface area (Å²) < 4.78 is 4.81. The number of ether oxygens (including phenoxy) is 1. The third-order valence-electron chi connectivity index (χ3n) is 2.96. The van der Waals surface area contributed by atoms with E-state index in [1.54, 1.807) is 11.8 Å². The normalized spacial score (nSPS) is 25.1. The van der Waals surface area contributed by atoms with Gasteiger partial charge in [0.1, 0.15) is 0 Å². The number of allylic oxidation sites excluding steroid dienone is 1. The van der Waals surface area contributed by atoms with Crippen molar-refractivity contribution < 1.29 is 9.53 Å². The summed E-state index contributed by atoms with van der Waals surface area (Å²) >= 11 is 1.77. The Morgan fingerprint density at radius 1 is 1.62 bits per heavy atom. The lowest BCUT2D eigenvalue weighted by atomic mass is 10.0. The van der Waals surface area contributed by atoms with Crippen molar-refractivity contribution in [1.82, 2.24) is 4.90 Å². The van der Waals surface area contributed by atoms with Crippen LogP contribution in [0.5, 0.6) is 0 Å². The molecule has 2 heterocycles. The third-order valence-corrected chi connectivity index (χ3v) is 4.04. The number of esters is 1. The molecule has 0 N–H and O–H groups in total. The molecule has 1 atom stereocenters. The van der Waals surface area contributed by atoms with Crippen molar-refractivity contribution in [2.24, 2.45) is 4.99 Å². The topological polar surface area (TPSA) is 41.9 Å². The molecule has 88 valence electrons. The van der Waals surface area contributed by atoms with E-state index in [0.717, 1.165) is 29.6 Å². The number of methoxy groups -OCH3 is 1. The maximum absolute atomic E-state index is 11.7. The van der Waals surface area contributed by atoms with Crippen LogP contribution in [-0.4, -0.2) is 41.5 Å². The molecule has 1 saturated heterocycles. The van der Waals surface area contributed by atoms with Gasteiger partial charge in [0.2, 0.25) is 0 Å². The minimum absolute atomic E-state index is 0.0766. The Hall–Kier alpha value is -0.970. The fraction of sp³-hybridized carbons (Fsp3) is 0.636. The Balaban J connectivity index is 2.36. The molecule has 2 aliphatic rings. The van der Waals surface area contributed by atoms with Gasteiger partial charge in [0.05, 0.1) is 24.4 Å². The highest BCUT2D eigenvalue weighted by Crippen LogP contribution is 2.30. The van der Waals surface area contributed by atoms with Crippen molar-refractivity contribution in [3.63, 3.8) is 0 Å². The number of nitrogens with zero attached hydrogens (tertiary/aromatic N) is 2. The van der Waals surface area contributed by atoms with E-state index in [2.05, 4.69) is 9.89 Å². The molecule has 0 aromatic rings. The summed E-state index contributed by atoms with van der Waals surface area (Å²) in [6.45, 7) is 4.89. The van der Waals surface area contributed by atoms with Gasteiger partial charge in [-0.15, -0.1) is 0 Å². The van der Waals surface area contributed by atoms with Crippen LogP contribution in [0.1, 0.15) is 20.3 Å². The van der Waals surface area contributed by atoms with Crippen molar-refractivity contribution in [1.29, 1.82) is 0 Å². The van der Waals surface area contributed by atoms with Gasteiger partial charge in [-0.1, -0.05) is 11.8 Å². The smallest absolute Gasteiger partial charge is 0.337 e. The highest BCUT2D eigenvalue weighted by molar-refractivity contribution is 8.13. The van der Waals surface area contributed by atoms with Gasteiger partial charge in [-0.25, -0.2) is 9.79 Å². The van der Waals surface area contributed by atoms with Crippen LogP contribution in [0.4, 0.5) is 0 Å². The predicted molar refractivity (Wildman–Crippen MR) is 65.4 cm³/mol. The molecule has 0 unspecified atom stereocenters. The van der Waals surface area contributed by atoms with Crippen LogP contribution in [0.25, 0.3) is 0 Å². The number of rotatable bonds is 1. The van der Waals surface area contributed by atoms with Gasteiger partial charge in [0.25, 0.3) is 0 Å². The number of carbonyl (C=O) groups is 1. The highest BCUT2D eigenvalue weighted by Gasteiger charge is 2.33. The molecule has 2 aliphatic heterocycles. The Morgan fingerprint density at radius 2 is 2.38 bits per heavy atom. The van der Waals surface area contributed by atoms with E-state index in [1.165, 1.54) is 7.11 Å². The van der Waals surface area contributed by atoms with Crippen LogP contribution >= 0.6 is 11.8 Å². The second-order valence-electron chi connectivity index (χ2n) is 3.96. The number of amidine groups is 1. The molecule has 0 aliphatic carbocycles. The Kier molecular flexibility index (Phi) is 3.23. The Morgan fingerprint density at radius 3 is 3.06 bits per heavy atom. The third kappa shape index (κ3) is 1.84. The molecule has 0 aromatic heterocycles. The van der Waals surface area contributed by atoms with E-state index in [0.29, 0.717) is 5.57 Å². The number of thioether (sulfide) groups is 1. The lowest BCUT2D eigenvalue weighted by Gasteiger charge is -2.38. The van der Waals surface area contributed by atoms with Gasteiger partial charge in [0.15, 0.2) is 5.17 Å². The molecule has 0 aromatic carbocycles. The predicted octanol–water partition coefficient (Wildman–Crippen LogP) is 1.63. The molecule has 0 saturated carbocycles. The molecular formula is C11H16N2O2S. The lowest BCUT2D eigenvalue weighted by Crippen LogP contribution is -2.45. The van der Waals surface area contributed by atoms with Crippen molar-refractivity contribution in [3.05, 3.63) is 11.3 Å². The van der Waals surface area contributed by atoms with Gasteiger partial charge in [0, 0.05) is 12.3 Å². The van der Waals surface area contributed by atoms with E-state index in [1.807, 2.05) is 13.8 Å². The first-order valence-corrected chi connectivity index (χ1v) is 6.41. The van der Waals surface area contributed by atoms with E-state index >= 15 is 0 Å². The number of aliphatic imine (C=N–C) groups is 1. The number of hydrogen-bond acceptors (Lipinski definition) is 5. The summed E-state index contributed by atoms with van der Waals surface area (Å²) in [5.41, 5.74) is 1.48. The largest absolute Gasteiger partial charge is 0.466 e. The summed E-state index contributed by atoms with van der Waals surface area (Å²) in [5.74, 6) is 0.853. The van der Waals surface area contributed by atoms with Gasteiger partial charge >= 0.3 is 5.97 Å². The Bertz CT molecular complexity index is 376. The summed E-state index contributed by atoms with van der Waals surface area (Å²) in [4.78, 5) is 18.4. The molecule has 4 nitrogen and oxygen atoms in total. The zero-order valence-electron chi connectivity index (χ0n) is 9.82. The lowest BCUT2D eigenvalue weighted by molar-refractivity contribution is -0.136. The summed E-state index contributed by atoms with van der Waals surface area (Å²) in [5, 5.41) is 1.05. The summed E-state index contributed by atoms with van der Waals surface area (Å²) in [6.07, 6.45) is 1.14. The van der Waals surface area contributed by atoms with Crippen LogP contribution in [0, 0.1) is 0 Å². The second kappa shape index (κ2) is 4.49. The number of fused-ring (bicyclic) bond motifs is 1. The molecular weight excluding hydrogens is 224 g/mol. The van der Waals surface area contributed by atoms with Crippen molar-refractivity contribution in [2.45, 2.75) is 26.3 Å². The molecule has 0 amide bonds. The SMILES string of the molecule is COC(=O)C1=C(C)N=C2SCCCN2[C@@H]1C. The average Bonchev–Trinajstić information content (AvgIpc) is 2.28. The van der Waals surface area contributed by atoms with Crippen LogP contribution in [0.15, 0.2) is 16.3 Å². The molecule has 5 heteroatoms. The maximum atomic E-state index is 11.7. The van der Waals surface area contributed by atoms with Gasteiger partial charge in [-0.3, -0.25) is 0 Å². The monoisotopic (exact) mass is 240 g/mol. The molecule has 0 bridgehead atoms. The zero-order valence-corrected chi connectivity index (χ0v) is 10.6. The number of hydrogen-bond donors (Lipinski definition) is 0. The first-order valence-electron chi connectivity index (χ1n) is 5.42. The fourth-order valence-corrected chi connectivity index (χ4v) is 3.20. The van der Waals surface area contributed by atoms with Crippen molar-refractivity contribution >= 4 is 22.9 Å². The van der Waals surface area contributed by atoms with Gasteiger partial charge in [-0.2, -0.15) is 0 Å². The van der Waals surface area contributed by atoms with Gasteiger partial charge in [-0.05, 0) is 20.3 Å². The van der Waals surface area contributed by atoms with E-state index in [9.17, 15) is 4.79 Å². The van der Waals surface area contributed by atoms with Crippen LogP contribution < -0.4 is 0 Å². The standard InChI is InChI=1S/C11H16N2O2S/c1-7-9(10(14)15-3)8(2)13-5-4-6-16-11(13)12-7/h8H,4-6H2,1-3H3/t8-/m1/s1. The van der Waals surface area contributed by atoms with Crippen molar-refractivity contribution in [2.75, 3.05) is 19.4 Å². The maximum Gasteiger partial charge on any atom is 0.337 e. The zero-order chi connectivity index (χ0) is 11.7. The van der Waals surface area contributed by atoms with Crippen molar-refractivity contribution in [3.8, 4) is 0 Å². The summed E-state index contributed by atoms with van der Waals surface area (Å²) in [7, 11) is 1.42. The minimum atomic E-state index is -0.261. The number of carbonyl (C=O) groups excluding carboxylic acids is 1. The molecule has 0 spiro atoms. The summed E-state index contributed by atoms with van der Waals surface area (Å²) in [6, 6.07) is 0.0766. The van der Waals surface area contributed by atoms with E-state index < -0.39 is 0 Å². The molecule has 1 fully saturated rings. The minimum Gasteiger partial charge on any atom is -0.466 e. The molecule has 2 rings (SSSR count). The Labute approximate surface area is 99.7 Å². The molecule has 0 radical (unpaired) electrons. The van der Waals surface area contributed by atoms with Crippen LogP contribution in [0.3, 0.4) is 0 Å². The van der Waals surface area contributed by atoms with E-state index in [4.69, 9.17) is 4.74 Å². The first-order chi connectivity index (χ1) is 7.65.